The van der Waals surface area contributed by atoms with Gasteiger partial charge < -0.3 is 5.32 Å². The van der Waals surface area contributed by atoms with Crippen LogP contribution in [0.2, 0.25) is 0 Å². The highest BCUT2D eigenvalue weighted by Crippen LogP contribution is 2.31. The molecule has 124 valence electrons. The van der Waals surface area contributed by atoms with E-state index in [9.17, 15) is 4.79 Å². The van der Waals surface area contributed by atoms with Crippen molar-refractivity contribution in [3.05, 3.63) is 102 Å². The van der Waals surface area contributed by atoms with Crippen molar-refractivity contribution in [3.63, 3.8) is 0 Å². The predicted molar refractivity (Wildman–Crippen MR) is 105 cm³/mol. The largest absolute Gasteiger partial charge is 0.355 e. The van der Waals surface area contributed by atoms with Crippen LogP contribution >= 0.6 is 0 Å². The monoisotopic (exact) mass is 327 g/mol. The normalized spacial score (nSPS) is 10.3. The summed E-state index contributed by atoms with van der Waals surface area (Å²) >= 11 is 0. The molecule has 25 heavy (non-hydrogen) atoms. The highest BCUT2D eigenvalue weighted by Gasteiger charge is 2.09. The van der Waals surface area contributed by atoms with E-state index in [2.05, 4.69) is 30.1 Å². The summed E-state index contributed by atoms with van der Waals surface area (Å²) in [6, 6.07) is 24.0. The third kappa shape index (κ3) is 3.69. The molecule has 0 bridgehead atoms. The summed E-state index contributed by atoms with van der Waals surface area (Å²) in [5.41, 5.74) is 6.87. The number of benzene rings is 3. The van der Waals surface area contributed by atoms with Crippen molar-refractivity contribution >= 4 is 22.7 Å². The number of rotatable bonds is 5. The SMILES string of the molecule is C=C(c1ccccc1)c1ccccc1Nc1ccc(C(C)=O)cc1C. The molecule has 3 rings (SSSR count). The maximum atomic E-state index is 11.5. The van der Waals surface area contributed by atoms with Gasteiger partial charge in [-0.3, -0.25) is 4.79 Å². The third-order valence-electron chi connectivity index (χ3n) is 4.28. The van der Waals surface area contributed by atoms with Gasteiger partial charge in [-0.25, -0.2) is 0 Å². The lowest BCUT2D eigenvalue weighted by atomic mass is 9.97. The first-order valence-corrected chi connectivity index (χ1v) is 8.28. The molecule has 0 radical (unpaired) electrons. The van der Waals surface area contributed by atoms with Gasteiger partial charge in [-0.05, 0) is 54.8 Å². The van der Waals surface area contributed by atoms with E-state index < -0.39 is 0 Å². The number of hydrogen-bond acceptors (Lipinski definition) is 2. The maximum absolute atomic E-state index is 11.5. The van der Waals surface area contributed by atoms with E-state index in [4.69, 9.17) is 0 Å². The van der Waals surface area contributed by atoms with Crippen LogP contribution in [0.3, 0.4) is 0 Å². The van der Waals surface area contributed by atoms with Crippen LogP contribution in [-0.2, 0) is 0 Å². The minimum Gasteiger partial charge on any atom is -0.355 e. The summed E-state index contributed by atoms with van der Waals surface area (Å²) in [5.74, 6) is 0.0764. The minimum absolute atomic E-state index is 0.0764. The summed E-state index contributed by atoms with van der Waals surface area (Å²) in [7, 11) is 0. The number of carbonyl (C=O) groups excluding carboxylic acids is 1. The number of hydrogen-bond donors (Lipinski definition) is 1. The van der Waals surface area contributed by atoms with Crippen molar-refractivity contribution in [3.8, 4) is 0 Å². The van der Waals surface area contributed by atoms with Crippen LogP contribution in [-0.4, -0.2) is 5.78 Å². The molecular formula is C23H21NO. The molecule has 0 fully saturated rings. The Hall–Kier alpha value is -3.13. The van der Waals surface area contributed by atoms with E-state index in [0.29, 0.717) is 0 Å². The van der Waals surface area contributed by atoms with Crippen molar-refractivity contribution in [2.75, 3.05) is 5.32 Å². The van der Waals surface area contributed by atoms with Crippen LogP contribution in [0.1, 0.15) is 34.0 Å². The summed E-state index contributed by atoms with van der Waals surface area (Å²) in [4.78, 5) is 11.5. The molecule has 0 saturated carbocycles. The molecule has 0 amide bonds. The Labute approximate surface area is 148 Å². The van der Waals surface area contributed by atoms with E-state index in [0.717, 1.165) is 39.2 Å². The predicted octanol–water partition coefficient (Wildman–Crippen LogP) is 6.00. The quantitative estimate of drug-likeness (QED) is 0.582. The second kappa shape index (κ2) is 7.18. The fourth-order valence-corrected chi connectivity index (χ4v) is 2.82. The molecule has 0 aromatic heterocycles. The van der Waals surface area contributed by atoms with Gasteiger partial charge in [-0.1, -0.05) is 55.1 Å². The topological polar surface area (TPSA) is 29.1 Å². The number of nitrogens with one attached hydrogen (secondary N) is 1. The molecule has 0 atom stereocenters. The third-order valence-corrected chi connectivity index (χ3v) is 4.28. The number of aryl methyl sites for hydroxylation is 1. The average Bonchev–Trinajstić information content (AvgIpc) is 2.64. The van der Waals surface area contributed by atoms with Crippen LogP contribution in [0.25, 0.3) is 5.57 Å². The van der Waals surface area contributed by atoms with Crippen LogP contribution in [0, 0.1) is 6.92 Å². The van der Waals surface area contributed by atoms with Crippen LogP contribution in [0.4, 0.5) is 11.4 Å². The summed E-state index contributed by atoms with van der Waals surface area (Å²) in [6.07, 6.45) is 0. The fraction of sp³-hybridized carbons (Fsp3) is 0.0870. The molecule has 3 aromatic carbocycles. The number of ketones is 1. The molecular weight excluding hydrogens is 306 g/mol. The highest BCUT2D eigenvalue weighted by atomic mass is 16.1. The summed E-state index contributed by atoms with van der Waals surface area (Å²) < 4.78 is 0. The van der Waals surface area contributed by atoms with Crippen LogP contribution in [0.15, 0.2) is 79.4 Å². The molecule has 0 aliphatic rings. The molecule has 3 aromatic rings. The lowest BCUT2D eigenvalue weighted by Crippen LogP contribution is -2.00. The standard InChI is InChI=1S/C23H21NO/c1-16-15-20(18(3)25)13-14-22(16)24-23-12-8-7-11-21(23)17(2)19-9-5-4-6-10-19/h4-15,24H,2H2,1,3H3. The molecule has 0 aliphatic heterocycles. The van der Waals surface area contributed by atoms with E-state index >= 15 is 0 Å². The maximum Gasteiger partial charge on any atom is 0.159 e. The molecule has 0 spiro atoms. The second-order valence-electron chi connectivity index (χ2n) is 6.10. The van der Waals surface area contributed by atoms with Crippen molar-refractivity contribution in [1.82, 2.24) is 0 Å². The number of carbonyl (C=O) groups is 1. The Balaban J connectivity index is 1.94. The Morgan fingerprint density at radius 2 is 1.52 bits per heavy atom. The second-order valence-corrected chi connectivity index (χ2v) is 6.10. The molecule has 1 N–H and O–H groups in total. The zero-order valence-corrected chi connectivity index (χ0v) is 14.5. The number of para-hydroxylation sites is 1. The first-order chi connectivity index (χ1) is 12.1. The lowest BCUT2D eigenvalue weighted by Gasteiger charge is -2.16. The Morgan fingerprint density at radius 3 is 2.20 bits per heavy atom. The Kier molecular flexibility index (Phi) is 4.80. The number of anilines is 2. The van der Waals surface area contributed by atoms with Gasteiger partial charge in [0.05, 0.1) is 0 Å². The lowest BCUT2D eigenvalue weighted by molar-refractivity contribution is 0.101. The van der Waals surface area contributed by atoms with E-state index in [-0.39, 0.29) is 5.78 Å². The first-order valence-electron chi connectivity index (χ1n) is 8.28. The van der Waals surface area contributed by atoms with Gasteiger partial charge in [0.25, 0.3) is 0 Å². The number of Topliss-reactive ketones (excluding diaryl/α,β-unsaturated/α-hetero) is 1. The van der Waals surface area contributed by atoms with Crippen LogP contribution in [0.5, 0.6) is 0 Å². The van der Waals surface area contributed by atoms with Gasteiger partial charge in [0.15, 0.2) is 5.78 Å². The van der Waals surface area contributed by atoms with Crippen molar-refractivity contribution < 1.29 is 4.79 Å². The minimum atomic E-state index is 0.0764. The Bertz CT molecular complexity index is 926. The van der Waals surface area contributed by atoms with Crippen molar-refractivity contribution in [2.45, 2.75) is 13.8 Å². The zero-order valence-electron chi connectivity index (χ0n) is 14.5. The van der Waals surface area contributed by atoms with E-state index in [1.54, 1.807) is 6.92 Å². The van der Waals surface area contributed by atoms with Gasteiger partial charge in [0, 0.05) is 22.5 Å². The van der Waals surface area contributed by atoms with Gasteiger partial charge in [-0.15, -0.1) is 0 Å². The zero-order chi connectivity index (χ0) is 17.8. The van der Waals surface area contributed by atoms with E-state index in [1.807, 2.05) is 61.5 Å². The van der Waals surface area contributed by atoms with Gasteiger partial charge in [0.1, 0.15) is 0 Å². The van der Waals surface area contributed by atoms with Gasteiger partial charge >= 0.3 is 0 Å². The van der Waals surface area contributed by atoms with Gasteiger partial charge in [-0.2, -0.15) is 0 Å². The Morgan fingerprint density at radius 1 is 0.840 bits per heavy atom. The van der Waals surface area contributed by atoms with Crippen molar-refractivity contribution in [1.29, 1.82) is 0 Å². The first kappa shape index (κ1) is 16.7. The molecule has 0 saturated heterocycles. The average molecular weight is 327 g/mol. The summed E-state index contributed by atoms with van der Waals surface area (Å²) in [6.45, 7) is 7.86. The molecule has 0 aliphatic carbocycles. The van der Waals surface area contributed by atoms with Crippen LogP contribution < -0.4 is 5.32 Å². The molecule has 2 heteroatoms. The smallest absolute Gasteiger partial charge is 0.159 e. The van der Waals surface area contributed by atoms with Crippen molar-refractivity contribution in [2.24, 2.45) is 0 Å². The van der Waals surface area contributed by atoms with E-state index in [1.165, 1.54) is 0 Å². The summed E-state index contributed by atoms with van der Waals surface area (Å²) in [5, 5.41) is 3.49. The molecule has 0 unspecified atom stereocenters. The molecule has 0 heterocycles. The fourth-order valence-electron chi connectivity index (χ4n) is 2.82. The highest BCUT2D eigenvalue weighted by molar-refractivity contribution is 5.95. The van der Waals surface area contributed by atoms with Gasteiger partial charge in [0.2, 0.25) is 0 Å². The molecule has 2 nitrogen and oxygen atoms in total.